The third kappa shape index (κ3) is 4.34. The summed E-state index contributed by atoms with van der Waals surface area (Å²) in [4.78, 5) is 38.5. The monoisotopic (exact) mass is 803 g/mol. The normalized spacial score (nSPS) is 12.8. The lowest BCUT2D eigenvalue weighted by molar-refractivity contribution is 0.101. The smallest absolute Gasteiger partial charge is 0.264 e. The molecule has 2 aromatic heterocycles. The van der Waals surface area contributed by atoms with Crippen LogP contribution in [0.15, 0.2) is 107 Å². The number of pyridine rings is 1. The minimum Gasteiger partial charge on any atom is -0.294 e. The van der Waals surface area contributed by atoms with E-state index in [2.05, 4.69) is 25.1 Å². The number of hydrogen-bond donors (Lipinski definition) is 0. The number of Topliss-reactive ketones (excluding diaryl/α,β-unsaturated/α-hetero) is 1. The summed E-state index contributed by atoms with van der Waals surface area (Å²) in [6.45, 7) is 5.50. The number of imidazole rings is 1. The number of nitrogens with zero attached hydrogens (tertiary/aromatic N) is 3. The van der Waals surface area contributed by atoms with E-state index in [4.69, 9.17) is 56.4 Å². The van der Waals surface area contributed by atoms with Crippen molar-refractivity contribution in [2.24, 2.45) is 4.99 Å². The summed E-state index contributed by atoms with van der Waals surface area (Å²) in [6.07, 6.45) is 0. The Hall–Kier alpha value is -5.56. The van der Waals surface area contributed by atoms with E-state index in [-0.39, 0.29) is 11.3 Å². The molecule has 56 heavy (non-hydrogen) atoms. The predicted octanol–water partition coefficient (Wildman–Crippen LogP) is 14.1. The molecule has 11 aromatic rings. The Morgan fingerprint density at radius 1 is 0.589 bits per heavy atom. The van der Waals surface area contributed by atoms with Crippen molar-refractivity contribution in [3.63, 3.8) is 0 Å². The van der Waals surface area contributed by atoms with Crippen LogP contribution in [0.1, 0.15) is 35.3 Å². The van der Waals surface area contributed by atoms with Gasteiger partial charge in [0.25, 0.3) is 5.56 Å². The standard InChI is InChI=1S/C47H25Cl4N3O2/c1-20-25-10-6-4-8-23(25)12-14-35(20)52-21(2)27-16-31(48)39-42-34(51)19-30-38-29(46-53-36-15-13-24-9-5-7-11-26(24)45(36)54(46)47(30)56)18-33(50)41(44(38)42)40-32(49)17-28(22(3)55)37(27)43(39)40/h4-19H,1-3H3. The maximum absolute atomic E-state index is 14.8. The van der Waals surface area contributed by atoms with Crippen LogP contribution in [0.4, 0.5) is 5.69 Å². The van der Waals surface area contributed by atoms with E-state index >= 15 is 0 Å². The van der Waals surface area contributed by atoms with Gasteiger partial charge in [0.05, 0.1) is 22.1 Å². The molecular formula is C47H25Cl4N3O2. The number of halogens is 4. The number of aliphatic imine (C=N–C) groups is 1. The van der Waals surface area contributed by atoms with E-state index in [1.807, 2.05) is 73.7 Å². The maximum Gasteiger partial charge on any atom is 0.264 e. The van der Waals surface area contributed by atoms with Crippen molar-refractivity contribution in [3.05, 3.63) is 144 Å². The first-order valence-electron chi connectivity index (χ1n) is 18.0. The van der Waals surface area contributed by atoms with Gasteiger partial charge in [-0.1, -0.05) is 107 Å². The van der Waals surface area contributed by atoms with Crippen LogP contribution in [-0.2, 0) is 0 Å². The second-order valence-electron chi connectivity index (χ2n) is 14.5. The van der Waals surface area contributed by atoms with E-state index in [1.165, 1.54) is 6.92 Å². The SMILES string of the molecule is CC(=O)c1cc(Cl)c2c3c(Cl)cc4c5c(cc(Cl)c(c6c(Cl)cc(C(C)=Nc7ccc8ccccc8c7C)c1c62)c35)c(=O)n1c4nc2ccc3ccccc3c21. The van der Waals surface area contributed by atoms with Crippen LogP contribution in [0.5, 0.6) is 0 Å². The Bertz CT molecular complexity index is 3700. The molecule has 0 spiro atoms. The summed E-state index contributed by atoms with van der Waals surface area (Å²) in [5.41, 5.74) is 5.25. The summed E-state index contributed by atoms with van der Waals surface area (Å²) in [6, 6.07) is 31.3. The highest BCUT2D eigenvalue weighted by atomic mass is 35.5. The lowest BCUT2D eigenvalue weighted by Gasteiger charge is -2.23. The second kappa shape index (κ2) is 11.7. The van der Waals surface area contributed by atoms with E-state index < -0.39 is 0 Å². The fraction of sp³-hybridized carbons (Fsp3) is 0.0638. The number of carbonyl (C=O) groups is 1. The molecule has 5 nitrogen and oxygen atoms in total. The summed E-state index contributed by atoms with van der Waals surface area (Å²) >= 11 is 29.4. The van der Waals surface area contributed by atoms with E-state index in [0.717, 1.165) is 38.3 Å². The number of benzene rings is 9. The van der Waals surface area contributed by atoms with Gasteiger partial charge in [0, 0.05) is 90.8 Å². The van der Waals surface area contributed by atoms with Crippen molar-refractivity contribution in [1.29, 1.82) is 0 Å². The highest BCUT2D eigenvalue weighted by Gasteiger charge is 2.29. The molecule has 0 amide bonds. The minimum absolute atomic E-state index is 0.173. The Kier molecular flexibility index (Phi) is 7.07. The molecule has 0 unspecified atom stereocenters. The zero-order valence-corrected chi connectivity index (χ0v) is 32.9. The highest BCUT2D eigenvalue weighted by Crippen LogP contribution is 2.53. The number of aromatic nitrogens is 2. The van der Waals surface area contributed by atoms with Crippen LogP contribution < -0.4 is 5.56 Å². The largest absolute Gasteiger partial charge is 0.294 e. The van der Waals surface area contributed by atoms with Gasteiger partial charge in [-0.3, -0.25) is 19.0 Å². The molecule has 9 heteroatoms. The van der Waals surface area contributed by atoms with Crippen LogP contribution >= 0.6 is 46.4 Å². The lowest BCUT2D eigenvalue weighted by atomic mass is 9.84. The topological polar surface area (TPSA) is 63.8 Å². The molecule has 0 radical (unpaired) electrons. The Morgan fingerprint density at radius 2 is 1.14 bits per heavy atom. The fourth-order valence-corrected chi connectivity index (χ4v) is 10.3. The van der Waals surface area contributed by atoms with Crippen LogP contribution in [0.25, 0.3) is 92.1 Å². The zero-order chi connectivity index (χ0) is 38.5. The number of ketones is 1. The van der Waals surface area contributed by atoms with Crippen molar-refractivity contribution in [3.8, 4) is 0 Å². The summed E-state index contributed by atoms with van der Waals surface area (Å²) in [5, 5.41) is 11.7. The number of rotatable bonds is 3. The molecular weight excluding hydrogens is 780 g/mol. The van der Waals surface area contributed by atoms with Crippen molar-refractivity contribution >= 4 is 156 Å². The molecule has 9 aromatic carbocycles. The predicted molar refractivity (Wildman–Crippen MR) is 237 cm³/mol. The number of aryl methyl sites for hydroxylation is 1. The molecule has 268 valence electrons. The van der Waals surface area contributed by atoms with Crippen molar-refractivity contribution in [1.82, 2.24) is 9.38 Å². The van der Waals surface area contributed by atoms with Gasteiger partial charge in [0.15, 0.2) is 5.78 Å². The average Bonchev–Trinajstić information content (AvgIpc) is 3.59. The summed E-state index contributed by atoms with van der Waals surface area (Å²) in [5.74, 6) is -0.173. The molecule has 0 N–H and O–H groups in total. The van der Waals surface area contributed by atoms with Crippen molar-refractivity contribution in [2.45, 2.75) is 20.8 Å². The first kappa shape index (κ1) is 33.8. The van der Waals surface area contributed by atoms with Gasteiger partial charge in [-0.2, -0.15) is 0 Å². The molecule has 0 saturated heterocycles. The molecule has 11 rings (SSSR count). The van der Waals surface area contributed by atoms with Crippen molar-refractivity contribution in [2.75, 3.05) is 0 Å². The first-order valence-corrected chi connectivity index (χ1v) is 19.5. The molecule has 0 bridgehead atoms. The molecule has 0 atom stereocenters. The van der Waals surface area contributed by atoms with Crippen LogP contribution in [0, 0.1) is 6.92 Å². The van der Waals surface area contributed by atoms with E-state index in [0.29, 0.717) is 102 Å². The number of fused-ring (bicyclic) bond motifs is 9. The first-order chi connectivity index (χ1) is 27.0. The molecule has 2 heterocycles. The van der Waals surface area contributed by atoms with Crippen LogP contribution in [-0.4, -0.2) is 20.9 Å². The quantitative estimate of drug-likeness (QED) is 0.0773. The molecule has 0 saturated carbocycles. The highest BCUT2D eigenvalue weighted by molar-refractivity contribution is 6.56. The molecule has 0 aliphatic rings. The molecule has 0 aliphatic carbocycles. The van der Waals surface area contributed by atoms with Crippen LogP contribution in [0.3, 0.4) is 0 Å². The molecule has 0 aliphatic heterocycles. The average molecular weight is 806 g/mol. The lowest BCUT2D eigenvalue weighted by Crippen LogP contribution is -2.14. The zero-order valence-electron chi connectivity index (χ0n) is 29.9. The summed E-state index contributed by atoms with van der Waals surface area (Å²) < 4.78 is 1.67. The third-order valence-electron chi connectivity index (χ3n) is 11.6. The van der Waals surface area contributed by atoms with Gasteiger partial charge in [0.2, 0.25) is 0 Å². The number of hydrogen-bond acceptors (Lipinski definition) is 4. The Labute approximate surface area is 338 Å². The number of carbonyl (C=O) groups excluding carboxylic acids is 1. The minimum atomic E-state index is -0.251. The van der Waals surface area contributed by atoms with Gasteiger partial charge in [-0.15, -0.1) is 0 Å². The third-order valence-corrected chi connectivity index (χ3v) is 12.8. The van der Waals surface area contributed by atoms with Crippen LogP contribution in [0.2, 0.25) is 20.1 Å². The van der Waals surface area contributed by atoms with Gasteiger partial charge in [-0.25, -0.2) is 4.98 Å². The van der Waals surface area contributed by atoms with Gasteiger partial charge in [-0.05, 0) is 78.9 Å². The fourth-order valence-electron chi connectivity index (χ4n) is 9.14. The molecule has 0 fully saturated rings. The van der Waals surface area contributed by atoms with Gasteiger partial charge >= 0.3 is 0 Å². The second-order valence-corrected chi connectivity index (χ2v) is 16.2. The van der Waals surface area contributed by atoms with E-state index in [9.17, 15) is 9.59 Å². The van der Waals surface area contributed by atoms with Gasteiger partial charge < -0.3 is 0 Å². The van der Waals surface area contributed by atoms with E-state index in [1.54, 1.807) is 16.5 Å². The Balaban J connectivity index is 1.32. The maximum atomic E-state index is 14.8. The van der Waals surface area contributed by atoms with Crippen molar-refractivity contribution < 1.29 is 4.79 Å². The summed E-state index contributed by atoms with van der Waals surface area (Å²) in [7, 11) is 0. The van der Waals surface area contributed by atoms with Gasteiger partial charge in [0.1, 0.15) is 5.65 Å². The Morgan fingerprint density at radius 3 is 1.82 bits per heavy atom.